The Morgan fingerprint density at radius 3 is 1.49 bits per heavy atom. The molecule has 2 saturated carbocycles. The van der Waals surface area contributed by atoms with Gasteiger partial charge in [-0.15, -0.1) is 0 Å². The number of ether oxygens (including phenoxy) is 2. The minimum Gasteiger partial charge on any atom is -0.457 e. The lowest BCUT2D eigenvalue weighted by Gasteiger charge is -2.42. The second-order valence-corrected chi connectivity index (χ2v) is 24.2. The molecule has 0 bridgehead atoms. The molecule has 0 radical (unpaired) electrons. The van der Waals surface area contributed by atoms with Gasteiger partial charge in [0.1, 0.15) is 34.2 Å². The van der Waals surface area contributed by atoms with Crippen LogP contribution in [0.4, 0.5) is 17.1 Å². The van der Waals surface area contributed by atoms with Gasteiger partial charge < -0.3 is 18.8 Å². The Labute approximate surface area is 491 Å². The molecule has 0 atom stereocenters. The van der Waals surface area contributed by atoms with Crippen molar-refractivity contribution in [1.82, 2.24) is 0 Å². The Balaban J connectivity index is 0.960. The van der Waals surface area contributed by atoms with E-state index in [0.717, 1.165) is 84.3 Å². The molecular formula is C80H63NO3. The molecule has 4 heteroatoms. The van der Waals surface area contributed by atoms with Crippen molar-refractivity contribution >= 4 is 39.0 Å². The summed E-state index contributed by atoms with van der Waals surface area (Å²) in [5, 5.41) is 2.20. The summed E-state index contributed by atoms with van der Waals surface area (Å²) in [6.07, 6.45) is 12.6. The normalized spacial score (nSPS) is 16.4. The number of hydrogen-bond donors (Lipinski definition) is 0. The highest BCUT2D eigenvalue weighted by Crippen LogP contribution is 2.64. The van der Waals surface area contributed by atoms with Crippen molar-refractivity contribution in [3.63, 3.8) is 0 Å². The first-order valence-corrected chi connectivity index (χ1v) is 30.7. The lowest BCUT2D eigenvalue weighted by molar-refractivity contribution is 0.424. The van der Waals surface area contributed by atoms with E-state index in [-0.39, 0.29) is 0 Å². The van der Waals surface area contributed by atoms with Gasteiger partial charge >= 0.3 is 0 Å². The van der Waals surface area contributed by atoms with Crippen molar-refractivity contribution in [1.29, 1.82) is 0 Å². The highest BCUT2D eigenvalue weighted by molar-refractivity contribution is 6.14. The quantitative estimate of drug-likeness (QED) is 0.152. The van der Waals surface area contributed by atoms with Gasteiger partial charge in [0.15, 0.2) is 0 Å². The summed E-state index contributed by atoms with van der Waals surface area (Å²) in [4.78, 5) is 2.53. The van der Waals surface area contributed by atoms with Crippen LogP contribution in [-0.2, 0) is 10.8 Å². The first-order valence-electron chi connectivity index (χ1n) is 30.7. The van der Waals surface area contributed by atoms with E-state index in [2.05, 4.69) is 254 Å². The van der Waals surface area contributed by atoms with E-state index in [1.54, 1.807) is 0 Å². The van der Waals surface area contributed by atoms with Crippen LogP contribution in [0.25, 0.3) is 44.2 Å². The largest absolute Gasteiger partial charge is 0.457 e. The van der Waals surface area contributed by atoms with Crippen molar-refractivity contribution in [2.75, 3.05) is 4.90 Å². The second-order valence-electron chi connectivity index (χ2n) is 24.2. The number of hydrogen-bond acceptors (Lipinski definition) is 4. The van der Waals surface area contributed by atoms with Crippen molar-refractivity contribution in [3.05, 3.63) is 304 Å². The lowest BCUT2D eigenvalue weighted by Crippen LogP contribution is -2.34. The molecule has 3 aliphatic carbocycles. The Hall–Kier alpha value is -9.38. The molecule has 12 aromatic rings. The molecule has 0 N–H and O–H groups in total. The van der Waals surface area contributed by atoms with E-state index in [1.807, 2.05) is 0 Å². The van der Waals surface area contributed by atoms with Crippen molar-refractivity contribution in [2.24, 2.45) is 0 Å². The van der Waals surface area contributed by atoms with Gasteiger partial charge in [-0.25, -0.2) is 0 Å². The number of rotatable bonds is 8. The molecule has 1 spiro atoms. The molecule has 17 rings (SSSR count). The molecule has 4 nitrogen and oxygen atoms in total. The number of anilines is 3. The van der Waals surface area contributed by atoms with Crippen LogP contribution in [-0.4, -0.2) is 0 Å². The molecule has 0 amide bonds. The number of para-hydroxylation sites is 3. The summed E-state index contributed by atoms with van der Waals surface area (Å²) in [6.45, 7) is 0. The van der Waals surface area contributed by atoms with Crippen molar-refractivity contribution in [3.8, 4) is 45.3 Å². The fraction of sp³-hybridized carbons (Fsp3) is 0.175. The average Bonchev–Trinajstić information content (AvgIpc) is 1.44. The SMILES string of the molecule is c1ccc(C2(c3ccccc3)c3ccccc3Oc3ccc(N(c4ccc5c(c4)C4(c6cc(C7CCCCC7)ccc6Oc6ccc(C7CCCCC7)cc64)c4ccccc4-5)c4ccccc4-c4cccc5oc6ccccc6c45)cc32)cc1. The maximum atomic E-state index is 7.26. The summed E-state index contributed by atoms with van der Waals surface area (Å²) < 4.78 is 21.0. The summed E-state index contributed by atoms with van der Waals surface area (Å²) >= 11 is 0. The van der Waals surface area contributed by atoms with E-state index < -0.39 is 10.8 Å². The zero-order valence-corrected chi connectivity index (χ0v) is 47.1. The van der Waals surface area contributed by atoms with E-state index in [1.165, 1.54) is 120 Å². The van der Waals surface area contributed by atoms with Crippen LogP contribution >= 0.6 is 0 Å². The van der Waals surface area contributed by atoms with Crippen LogP contribution < -0.4 is 14.4 Å². The molecule has 5 aliphatic rings. The van der Waals surface area contributed by atoms with E-state index in [4.69, 9.17) is 13.9 Å². The molecule has 11 aromatic carbocycles. The summed E-state index contributed by atoms with van der Waals surface area (Å²) in [7, 11) is 0. The predicted octanol–water partition coefficient (Wildman–Crippen LogP) is 21.8. The van der Waals surface area contributed by atoms with Gasteiger partial charge in [0.05, 0.1) is 16.5 Å². The third-order valence-electron chi connectivity index (χ3n) is 19.9. The van der Waals surface area contributed by atoms with E-state index in [0.29, 0.717) is 11.8 Å². The molecule has 0 unspecified atom stereocenters. The topological polar surface area (TPSA) is 34.8 Å². The van der Waals surface area contributed by atoms with Crippen LogP contribution in [0.1, 0.15) is 132 Å². The first kappa shape index (κ1) is 49.2. The van der Waals surface area contributed by atoms with Gasteiger partial charge in [0.2, 0.25) is 0 Å². The molecule has 2 fully saturated rings. The standard InChI is InChI=1S/C80H63NO3/c1-5-22-52(23-6-1)54-40-45-74-68(48-54)80(69-49-55(41-46-75(69)84-74)53-24-7-2-8-25-53)65-34-16-13-30-60(65)61-44-42-58(50-67(61)80)81(71-36-18-14-31-62(71)63-33-21-39-77-78(63)64-32-15-19-37-72(64)82-77)59-43-47-76-70(51-59)79(56-26-9-3-10-27-56,57-28-11-4-12-29-57)66-35-17-20-38-73(66)83-76/h3-4,9-21,26-53H,1-2,5-8,22-25H2. The van der Waals surface area contributed by atoms with Gasteiger partial charge in [-0.3, -0.25) is 0 Å². The predicted molar refractivity (Wildman–Crippen MR) is 341 cm³/mol. The first-order chi connectivity index (χ1) is 41.6. The zero-order valence-electron chi connectivity index (χ0n) is 47.1. The molecular weight excluding hydrogens is 1020 g/mol. The molecule has 3 heterocycles. The highest BCUT2D eigenvalue weighted by atomic mass is 16.5. The molecule has 1 aromatic heterocycles. The summed E-state index contributed by atoms with van der Waals surface area (Å²) in [6, 6.07) is 92.8. The maximum Gasteiger partial charge on any atom is 0.136 e. The van der Waals surface area contributed by atoms with Gasteiger partial charge in [-0.2, -0.15) is 0 Å². The van der Waals surface area contributed by atoms with Gasteiger partial charge in [-0.05, 0) is 154 Å². The Bertz CT molecular complexity index is 4430. The van der Waals surface area contributed by atoms with Crippen LogP contribution in [0, 0.1) is 0 Å². The van der Waals surface area contributed by atoms with Gasteiger partial charge in [0, 0.05) is 50.0 Å². The zero-order chi connectivity index (χ0) is 55.3. The number of fused-ring (bicyclic) bond motifs is 14. The fourth-order valence-corrected chi connectivity index (χ4v) is 16.1. The van der Waals surface area contributed by atoms with E-state index in [9.17, 15) is 0 Å². The summed E-state index contributed by atoms with van der Waals surface area (Å²) in [5.74, 6) is 4.59. The molecule has 2 aliphatic heterocycles. The van der Waals surface area contributed by atoms with Gasteiger partial charge in [0.25, 0.3) is 0 Å². The second kappa shape index (κ2) is 19.6. The van der Waals surface area contributed by atoms with Crippen LogP contribution in [0.5, 0.6) is 23.0 Å². The van der Waals surface area contributed by atoms with Crippen molar-refractivity contribution in [2.45, 2.75) is 86.9 Å². The Morgan fingerprint density at radius 1 is 0.321 bits per heavy atom. The Morgan fingerprint density at radius 2 is 0.810 bits per heavy atom. The maximum absolute atomic E-state index is 7.26. The number of benzene rings is 11. The van der Waals surface area contributed by atoms with E-state index >= 15 is 0 Å². The molecule has 84 heavy (non-hydrogen) atoms. The minimum atomic E-state index is -0.736. The smallest absolute Gasteiger partial charge is 0.136 e. The monoisotopic (exact) mass is 1090 g/mol. The summed E-state index contributed by atoms with van der Waals surface area (Å²) in [5.41, 5.74) is 20.6. The number of nitrogens with zero attached hydrogens (tertiary/aromatic N) is 1. The van der Waals surface area contributed by atoms with Crippen LogP contribution in [0.2, 0.25) is 0 Å². The fourth-order valence-electron chi connectivity index (χ4n) is 16.1. The molecule has 0 saturated heterocycles. The van der Waals surface area contributed by atoms with Crippen molar-refractivity contribution < 1.29 is 13.9 Å². The number of furan rings is 1. The van der Waals surface area contributed by atoms with Gasteiger partial charge in [-0.1, -0.05) is 221 Å². The average molecular weight is 1090 g/mol. The van der Waals surface area contributed by atoms with Crippen LogP contribution in [0.3, 0.4) is 0 Å². The highest BCUT2D eigenvalue weighted by Gasteiger charge is 2.52. The third-order valence-corrected chi connectivity index (χ3v) is 19.9. The van der Waals surface area contributed by atoms with Crippen LogP contribution in [0.15, 0.2) is 253 Å². The lowest BCUT2D eigenvalue weighted by atomic mass is 9.63. The molecule has 406 valence electrons. The minimum absolute atomic E-state index is 0.515. The Kier molecular flexibility index (Phi) is 11.5. The third kappa shape index (κ3) is 7.38.